The molecular weight excluding hydrogens is 148 g/mol. The normalized spacial score (nSPS) is 21.5. The highest BCUT2D eigenvalue weighted by Gasteiger charge is 2.15. The van der Waals surface area contributed by atoms with E-state index in [1.807, 2.05) is 0 Å². The predicted molar refractivity (Wildman–Crippen MR) is 53.1 cm³/mol. The molecule has 2 heteroatoms. The summed E-state index contributed by atoms with van der Waals surface area (Å²) < 4.78 is 0. The molecule has 0 aromatic rings. The van der Waals surface area contributed by atoms with Crippen LogP contribution in [0.4, 0.5) is 0 Å². The van der Waals surface area contributed by atoms with Gasteiger partial charge in [-0.3, -0.25) is 5.32 Å². The second-order valence-electron chi connectivity index (χ2n) is 3.82. The zero-order valence-corrected chi connectivity index (χ0v) is 8.40. The Bertz CT molecular complexity index is 108. The van der Waals surface area contributed by atoms with Gasteiger partial charge in [-0.1, -0.05) is 19.8 Å². The fraction of sp³-hybridized carbons (Fsp3) is 1.00. The highest BCUT2D eigenvalue weighted by molar-refractivity contribution is 4.75. The second-order valence-corrected chi connectivity index (χ2v) is 3.82. The van der Waals surface area contributed by atoms with Crippen molar-refractivity contribution in [3.63, 3.8) is 0 Å². The van der Waals surface area contributed by atoms with Crippen LogP contribution in [0.3, 0.4) is 0 Å². The molecule has 12 heavy (non-hydrogen) atoms. The van der Waals surface area contributed by atoms with E-state index in [2.05, 4.69) is 24.5 Å². The Kier molecular flexibility index (Phi) is 4.62. The van der Waals surface area contributed by atoms with Gasteiger partial charge in [0.05, 0.1) is 6.17 Å². The molecule has 0 aliphatic heterocycles. The fourth-order valence-corrected chi connectivity index (χ4v) is 1.87. The van der Waals surface area contributed by atoms with E-state index in [1.165, 1.54) is 32.1 Å². The molecule has 1 atom stereocenters. The van der Waals surface area contributed by atoms with Crippen LogP contribution in [-0.4, -0.2) is 18.8 Å². The largest absolute Gasteiger partial charge is 0.302 e. The van der Waals surface area contributed by atoms with Crippen molar-refractivity contribution in [2.45, 2.75) is 58.2 Å². The Morgan fingerprint density at radius 2 is 2.00 bits per heavy atom. The Hall–Kier alpha value is -0.0800. The molecule has 2 N–H and O–H groups in total. The van der Waals surface area contributed by atoms with E-state index in [0.717, 1.165) is 12.6 Å². The maximum absolute atomic E-state index is 3.60. The van der Waals surface area contributed by atoms with Crippen LogP contribution < -0.4 is 10.6 Å². The molecule has 0 bridgehead atoms. The lowest BCUT2D eigenvalue weighted by atomic mass is 10.2. The molecule has 0 amide bonds. The Morgan fingerprint density at radius 3 is 2.58 bits per heavy atom. The lowest BCUT2D eigenvalue weighted by Crippen LogP contribution is -2.44. The molecule has 72 valence electrons. The van der Waals surface area contributed by atoms with E-state index in [-0.39, 0.29) is 0 Å². The molecule has 1 aliphatic rings. The lowest BCUT2D eigenvalue weighted by Gasteiger charge is -2.19. The van der Waals surface area contributed by atoms with Crippen LogP contribution in [0.25, 0.3) is 0 Å². The molecule has 2 nitrogen and oxygen atoms in total. The van der Waals surface area contributed by atoms with Crippen molar-refractivity contribution >= 4 is 0 Å². The Labute approximate surface area is 76.1 Å². The molecule has 1 fully saturated rings. The summed E-state index contributed by atoms with van der Waals surface area (Å²) in [6, 6.07) is 0.782. The van der Waals surface area contributed by atoms with E-state index >= 15 is 0 Å². The first-order chi connectivity index (χ1) is 5.83. The van der Waals surface area contributed by atoms with Crippen LogP contribution in [0.2, 0.25) is 0 Å². The van der Waals surface area contributed by atoms with Gasteiger partial charge < -0.3 is 5.32 Å². The van der Waals surface area contributed by atoms with Gasteiger partial charge >= 0.3 is 0 Å². The van der Waals surface area contributed by atoms with E-state index < -0.39 is 0 Å². The van der Waals surface area contributed by atoms with E-state index in [4.69, 9.17) is 0 Å². The van der Waals surface area contributed by atoms with Gasteiger partial charge in [0.15, 0.2) is 0 Å². The Balaban J connectivity index is 2.03. The molecular formula is C10H22N2. The van der Waals surface area contributed by atoms with Crippen LogP contribution in [0.15, 0.2) is 0 Å². The molecule has 1 rings (SSSR count). The first-order valence-electron chi connectivity index (χ1n) is 5.32. The summed E-state index contributed by atoms with van der Waals surface area (Å²) in [5, 5.41) is 7.05. The minimum atomic E-state index is 0.494. The highest BCUT2D eigenvalue weighted by Crippen LogP contribution is 2.17. The topological polar surface area (TPSA) is 24.1 Å². The summed E-state index contributed by atoms with van der Waals surface area (Å²) in [6.07, 6.45) is 7.29. The van der Waals surface area contributed by atoms with Gasteiger partial charge in [0.25, 0.3) is 0 Å². The smallest absolute Gasteiger partial charge is 0.0544 e. The molecule has 1 unspecified atom stereocenters. The summed E-state index contributed by atoms with van der Waals surface area (Å²) in [4.78, 5) is 0. The summed E-state index contributed by atoms with van der Waals surface area (Å²) in [5.41, 5.74) is 0. The van der Waals surface area contributed by atoms with E-state index in [1.54, 1.807) is 0 Å². The van der Waals surface area contributed by atoms with Crippen molar-refractivity contribution in [3.8, 4) is 0 Å². The van der Waals surface area contributed by atoms with Gasteiger partial charge in [0.1, 0.15) is 0 Å². The second kappa shape index (κ2) is 5.55. The quantitative estimate of drug-likeness (QED) is 0.615. The van der Waals surface area contributed by atoms with Gasteiger partial charge in [-0.2, -0.15) is 0 Å². The van der Waals surface area contributed by atoms with Crippen molar-refractivity contribution in [2.24, 2.45) is 0 Å². The van der Waals surface area contributed by atoms with Crippen LogP contribution in [0.5, 0.6) is 0 Å². The monoisotopic (exact) mass is 170 g/mol. The van der Waals surface area contributed by atoms with Crippen LogP contribution in [0.1, 0.15) is 46.0 Å². The van der Waals surface area contributed by atoms with Crippen molar-refractivity contribution in [3.05, 3.63) is 0 Å². The van der Waals surface area contributed by atoms with E-state index in [9.17, 15) is 0 Å². The number of nitrogens with one attached hydrogen (secondary N) is 2. The average molecular weight is 170 g/mol. The predicted octanol–water partition coefficient (Wildman–Crippen LogP) is 1.86. The molecule has 0 aromatic heterocycles. The SMILES string of the molecule is CCCNC(C)NC1CCCC1. The van der Waals surface area contributed by atoms with E-state index in [0.29, 0.717) is 6.17 Å². The summed E-state index contributed by atoms with van der Waals surface area (Å²) >= 11 is 0. The molecule has 1 aliphatic carbocycles. The number of hydrogen-bond donors (Lipinski definition) is 2. The maximum Gasteiger partial charge on any atom is 0.0544 e. The first-order valence-corrected chi connectivity index (χ1v) is 5.32. The van der Waals surface area contributed by atoms with Crippen molar-refractivity contribution in [2.75, 3.05) is 6.54 Å². The maximum atomic E-state index is 3.60. The van der Waals surface area contributed by atoms with Crippen molar-refractivity contribution in [1.29, 1.82) is 0 Å². The van der Waals surface area contributed by atoms with Gasteiger partial charge in [-0.25, -0.2) is 0 Å². The van der Waals surface area contributed by atoms with Gasteiger partial charge in [-0.05, 0) is 32.7 Å². The third-order valence-electron chi connectivity index (χ3n) is 2.54. The average Bonchev–Trinajstić information content (AvgIpc) is 2.53. The molecule has 0 aromatic carbocycles. The number of rotatable bonds is 5. The van der Waals surface area contributed by atoms with Gasteiger partial charge in [0, 0.05) is 6.04 Å². The zero-order valence-electron chi connectivity index (χ0n) is 8.40. The Morgan fingerprint density at radius 1 is 1.33 bits per heavy atom. The molecule has 0 heterocycles. The molecule has 1 saturated carbocycles. The van der Waals surface area contributed by atoms with Crippen molar-refractivity contribution < 1.29 is 0 Å². The minimum absolute atomic E-state index is 0.494. The lowest BCUT2D eigenvalue weighted by molar-refractivity contribution is 0.393. The van der Waals surface area contributed by atoms with Crippen molar-refractivity contribution in [1.82, 2.24) is 10.6 Å². The third-order valence-corrected chi connectivity index (χ3v) is 2.54. The standard InChI is InChI=1S/C10H22N2/c1-3-8-11-9(2)12-10-6-4-5-7-10/h9-12H,3-8H2,1-2H3. The zero-order chi connectivity index (χ0) is 8.81. The van der Waals surface area contributed by atoms with Crippen LogP contribution >= 0.6 is 0 Å². The highest BCUT2D eigenvalue weighted by atomic mass is 15.1. The minimum Gasteiger partial charge on any atom is -0.302 e. The van der Waals surface area contributed by atoms with Crippen LogP contribution in [0, 0.1) is 0 Å². The first kappa shape index (κ1) is 10.0. The van der Waals surface area contributed by atoms with Crippen LogP contribution in [-0.2, 0) is 0 Å². The molecule has 0 saturated heterocycles. The van der Waals surface area contributed by atoms with Gasteiger partial charge in [0.2, 0.25) is 0 Å². The third kappa shape index (κ3) is 3.55. The van der Waals surface area contributed by atoms with Gasteiger partial charge in [-0.15, -0.1) is 0 Å². The summed E-state index contributed by atoms with van der Waals surface area (Å²) in [6.45, 7) is 5.55. The summed E-state index contributed by atoms with van der Waals surface area (Å²) in [5.74, 6) is 0. The molecule has 0 spiro atoms. The number of hydrogen-bond acceptors (Lipinski definition) is 2. The molecule has 0 radical (unpaired) electrons. The summed E-state index contributed by atoms with van der Waals surface area (Å²) in [7, 11) is 0. The fourth-order valence-electron chi connectivity index (χ4n) is 1.87.